The summed E-state index contributed by atoms with van der Waals surface area (Å²) in [6, 6.07) is 8.01. The van der Waals surface area contributed by atoms with Crippen molar-refractivity contribution >= 4 is 26.9 Å². The Morgan fingerprint density at radius 1 is 1.40 bits per heavy atom. The van der Waals surface area contributed by atoms with Gasteiger partial charge in [-0.15, -0.1) is 5.10 Å². The molecule has 2 heterocycles. The van der Waals surface area contributed by atoms with Crippen molar-refractivity contribution in [3.05, 3.63) is 46.4 Å². The van der Waals surface area contributed by atoms with Crippen molar-refractivity contribution in [2.75, 3.05) is 6.54 Å². The first-order valence-electron chi connectivity index (χ1n) is 6.47. The predicted octanol–water partition coefficient (Wildman–Crippen LogP) is 3.02. The minimum atomic E-state index is -0.0157. The summed E-state index contributed by atoms with van der Waals surface area (Å²) in [5, 5.41) is 12.7. The summed E-state index contributed by atoms with van der Waals surface area (Å²) in [5.74, 6) is 0. The first-order valence-corrected chi connectivity index (χ1v) is 7.26. The first kappa shape index (κ1) is 13.3. The van der Waals surface area contributed by atoms with E-state index in [4.69, 9.17) is 4.42 Å². The Kier molecular flexibility index (Phi) is 3.58. The lowest BCUT2D eigenvalue weighted by atomic mass is 10.0. The van der Waals surface area contributed by atoms with Crippen molar-refractivity contribution in [3.8, 4) is 0 Å². The topological polar surface area (TPSA) is 55.9 Å². The summed E-state index contributed by atoms with van der Waals surface area (Å²) >= 11 is 3.47. The molecule has 0 saturated carbocycles. The van der Waals surface area contributed by atoms with Gasteiger partial charge >= 0.3 is 0 Å². The van der Waals surface area contributed by atoms with Gasteiger partial charge in [0.1, 0.15) is 5.58 Å². The zero-order valence-electron chi connectivity index (χ0n) is 11.3. The van der Waals surface area contributed by atoms with Crippen LogP contribution in [0.3, 0.4) is 0 Å². The maximum Gasteiger partial charge on any atom is 0.153 e. The van der Waals surface area contributed by atoms with Gasteiger partial charge in [0.2, 0.25) is 0 Å². The highest BCUT2D eigenvalue weighted by Crippen LogP contribution is 2.32. The molecule has 0 amide bonds. The van der Waals surface area contributed by atoms with Crippen LogP contribution in [0.4, 0.5) is 0 Å². The number of rotatable bonds is 4. The van der Waals surface area contributed by atoms with Crippen molar-refractivity contribution in [1.29, 1.82) is 0 Å². The van der Waals surface area contributed by atoms with E-state index in [-0.39, 0.29) is 6.04 Å². The van der Waals surface area contributed by atoms with Crippen molar-refractivity contribution in [2.24, 2.45) is 7.05 Å². The number of furan rings is 1. The first-order chi connectivity index (χ1) is 9.72. The van der Waals surface area contributed by atoms with Gasteiger partial charge in [0.15, 0.2) is 4.60 Å². The SMILES string of the molecule is CCNC(c1coc2ccccc12)c1c(Br)nnn1C. The lowest BCUT2D eigenvalue weighted by Gasteiger charge is -2.17. The van der Waals surface area contributed by atoms with Gasteiger partial charge in [-0.05, 0) is 28.5 Å². The number of aromatic nitrogens is 3. The standard InChI is InChI=1S/C14H15BrN4O/c1-3-16-12(13-14(15)17-18-19(13)2)10-8-20-11-7-5-4-6-9(10)11/h4-8,12,16H,3H2,1-2H3. The maximum absolute atomic E-state index is 5.65. The number of hydrogen-bond acceptors (Lipinski definition) is 4. The van der Waals surface area contributed by atoms with Crippen molar-refractivity contribution in [1.82, 2.24) is 20.3 Å². The summed E-state index contributed by atoms with van der Waals surface area (Å²) in [7, 11) is 1.89. The second kappa shape index (κ2) is 5.38. The fraction of sp³-hybridized carbons (Fsp3) is 0.286. The summed E-state index contributed by atoms with van der Waals surface area (Å²) in [6.07, 6.45) is 1.80. The highest BCUT2D eigenvalue weighted by Gasteiger charge is 2.24. The van der Waals surface area contributed by atoms with E-state index in [0.717, 1.165) is 33.4 Å². The lowest BCUT2D eigenvalue weighted by Crippen LogP contribution is -2.24. The Labute approximate surface area is 125 Å². The summed E-state index contributed by atoms with van der Waals surface area (Å²) in [5.41, 5.74) is 2.96. The molecule has 1 unspecified atom stereocenters. The Morgan fingerprint density at radius 2 is 2.20 bits per heavy atom. The van der Waals surface area contributed by atoms with Crippen LogP contribution in [0.5, 0.6) is 0 Å². The van der Waals surface area contributed by atoms with Crippen LogP contribution < -0.4 is 5.32 Å². The third-order valence-electron chi connectivity index (χ3n) is 3.33. The van der Waals surface area contributed by atoms with Crippen LogP contribution in [0.2, 0.25) is 0 Å². The van der Waals surface area contributed by atoms with Crippen LogP contribution in [0.1, 0.15) is 24.2 Å². The van der Waals surface area contributed by atoms with Crippen molar-refractivity contribution in [3.63, 3.8) is 0 Å². The Bertz CT molecular complexity index is 714. The quantitative estimate of drug-likeness (QED) is 0.796. The third kappa shape index (κ3) is 2.14. The summed E-state index contributed by atoms with van der Waals surface area (Å²) < 4.78 is 8.17. The average Bonchev–Trinajstić information content (AvgIpc) is 3.01. The van der Waals surface area contributed by atoms with E-state index in [1.165, 1.54) is 0 Å². The van der Waals surface area contributed by atoms with Gasteiger partial charge in [-0.25, -0.2) is 4.68 Å². The normalized spacial score (nSPS) is 12.9. The fourth-order valence-electron chi connectivity index (χ4n) is 2.43. The average molecular weight is 335 g/mol. The molecule has 0 aliphatic rings. The van der Waals surface area contributed by atoms with Crippen molar-refractivity contribution < 1.29 is 4.42 Å². The van der Waals surface area contributed by atoms with Crippen LogP contribution in [0.15, 0.2) is 39.5 Å². The molecule has 20 heavy (non-hydrogen) atoms. The number of hydrogen-bond donors (Lipinski definition) is 1. The third-order valence-corrected chi connectivity index (χ3v) is 3.90. The van der Waals surface area contributed by atoms with E-state index in [9.17, 15) is 0 Å². The van der Waals surface area contributed by atoms with E-state index >= 15 is 0 Å². The fourth-order valence-corrected chi connectivity index (χ4v) is 2.98. The second-order valence-electron chi connectivity index (χ2n) is 4.57. The van der Waals surface area contributed by atoms with Crippen LogP contribution in [0, 0.1) is 0 Å². The predicted molar refractivity (Wildman–Crippen MR) is 80.4 cm³/mol. The highest BCUT2D eigenvalue weighted by molar-refractivity contribution is 9.10. The molecule has 2 aromatic heterocycles. The highest BCUT2D eigenvalue weighted by atomic mass is 79.9. The molecule has 3 aromatic rings. The molecular formula is C14H15BrN4O. The van der Waals surface area contributed by atoms with Gasteiger partial charge in [0.05, 0.1) is 18.0 Å². The minimum absolute atomic E-state index is 0.0157. The molecule has 0 radical (unpaired) electrons. The molecule has 3 rings (SSSR count). The van der Waals surface area contributed by atoms with Crippen LogP contribution in [-0.4, -0.2) is 21.5 Å². The van der Waals surface area contributed by atoms with Gasteiger partial charge in [-0.3, -0.25) is 0 Å². The molecule has 5 nitrogen and oxygen atoms in total. The van der Waals surface area contributed by atoms with Gasteiger partial charge in [-0.1, -0.05) is 30.3 Å². The molecule has 0 bridgehead atoms. The Hall–Kier alpha value is -1.66. The molecule has 1 N–H and O–H groups in total. The molecule has 1 aromatic carbocycles. The van der Waals surface area contributed by atoms with E-state index in [0.29, 0.717) is 0 Å². The van der Waals surface area contributed by atoms with E-state index in [1.54, 1.807) is 10.9 Å². The maximum atomic E-state index is 5.65. The smallest absolute Gasteiger partial charge is 0.153 e. The summed E-state index contributed by atoms with van der Waals surface area (Å²) in [6.45, 7) is 2.91. The van der Waals surface area contributed by atoms with E-state index in [1.807, 2.05) is 25.2 Å². The molecule has 0 aliphatic heterocycles. The number of benzene rings is 1. The van der Waals surface area contributed by atoms with Gasteiger partial charge < -0.3 is 9.73 Å². The largest absolute Gasteiger partial charge is 0.464 e. The van der Waals surface area contributed by atoms with Crippen LogP contribution in [0.25, 0.3) is 11.0 Å². The lowest BCUT2D eigenvalue weighted by molar-refractivity contribution is 0.552. The molecule has 104 valence electrons. The number of para-hydroxylation sites is 1. The number of fused-ring (bicyclic) bond motifs is 1. The molecule has 0 aliphatic carbocycles. The molecule has 0 spiro atoms. The number of halogens is 1. The van der Waals surface area contributed by atoms with Gasteiger partial charge in [0.25, 0.3) is 0 Å². The minimum Gasteiger partial charge on any atom is -0.464 e. The van der Waals surface area contributed by atoms with E-state index in [2.05, 4.69) is 44.5 Å². The van der Waals surface area contributed by atoms with Crippen molar-refractivity contribution in [2.45, 2.75) is 13.0 Å². The second-order valence-corrected chi connectivity index (χ2v) is 5.32. The van der Waals surface area contributed by atoms with Crippen LogP contribution >= 0.6 is 15.9 Å². The number of nitrogens with one attached hydrogen (secondary N) is 1. The summed E-state index contributed by atoms with van der Waals surface area (Å²) in [4.78, 5) is 0. The molecular weight excluding hydrogens is 320 g/mol. The van der Waals surface area contributed by atoms with Crippen LogP contribution in [-0.2, 0) is 7.05 Å². The van der Waals surface area contributed by atoms with E-state index < -0.39 is 0 Å². The Morgan fingerprint density at radius 3 is 2.90 bits per heavy atom. The molecule has 6 heteroatoms. The zero-order valence-corrected chi connectivity index (χ0v) is 12.9. The molecule has 0 saturated heterocycles. The molecule has 0 fully saturated rings. The zero-order chi connectivity index (χ0) is 14.1. The molecule has 1 atom stereocenters. The number of nitrogens with zero attached hydrogens (tertiary/aromatic N) is 3. The Balaban J connectivity index is 2.16. The van der Waals surface area contributed by atoms with Gasteiger partial charge in [-0.2, -0.15) is 0 Å². The monoisotopic (exact) mass is 334 g/mol. The van der Waals surface area contributed by atoms with Gasteiger partial charge in [0, 0.05) is 18.0 Å². The number of aryl methyl sites for hydroxylation is 1.